The molecule has 2 amide bonds. The van der Waals surface area contributed by atoms with Gasteiger partial charge in [-0.2, -0.15) is 0 Å². The molecule has 1 aliphatic heterocycles. The van der Waals surface area contributed by atoms with Crippen molar-refractivity contribution < 1.29 is 14.5 Å². The third kappa shape index (κ3) is 4.22. The van der Waals surface area contributed by atoms with Gasteiger partial charge in [0, 0.05) is 30.1 Å². The molecule has 1 saturated heterocycles. The first-order chi connectivity index (χ1) is 12.8. The van der Waals surface area contributed by atoms with Crippen molar-refractivity contribution in [1.29, 1.82) is 0 Å². The molecule has 2 aromatic heterocycles. The van der Waals surface area contributed by atoms with Crippen molar-refractivity contribution in [2.24, 2.45) is 5.73 Å². The molecule has 10 heteroatoms. The zero-order valence-corrected chi connectivity index (χ0v) is 15.5. The normalized spacial score (nSPS) is 14.8. The molecular weight excluding hydrogens is 370 g/mol. The SMILES string of the molecule is Cc1ccc(C(=O)NC2CCN(c3ncc([N+](=O)[O-])cc3C(N)=O)CC2)s1. The van der Waals surface area contributed by atoms with Crippen molar-refractivity contribution >= 4 is 34.7 Å². The highest BCUT2D eigenvalue weighted by Crippen LogP contribution is 2.25. The van der Waals surface area contributed by atoms with Crippen LogP contribution in [0.25, 0.3) is 0 Å². The van der Waals surface area contributed by atoms with E-state index < -0.39 is 10.8 Å². The first kappa shape index (κ1) is 18.8. The van der Waals surface area contributed by atoms with Gasteiger partial charge in [-0.05, 0) is 31.9 Å². The molecule has 27 heavy (non-hydrogen) atoms. The number of piperidine rings is 1. The van der Waals surface area contributed by atoms with Crippen LogP contribution in [-0.4, -0.2) is 40.9 Å². The summed E-state index contributed by atoms with van der Waals surface area (Å²) in [6.07, 6.45) is 2.47. The van der Waals surface area contributed by atoms with Gasteiger partial charge in [0.25, 0.3) is 17.5 Å². The Labute approximate surface area is 159 Å². The molecule has 0 bridgehead atoms. The predicted octanol–water partition coefficient (Wildman–Crippen LogP) is 1.86. The van der Waals surface area contributed by atoms with Crippen LogP contribution >= 0.6 is 11.3 Å². The van der Waals surface area contributed by atoms with E-state index in [0.29, 0.717) is 36.6 Å². The monoisotopic (exact) mass is 389 g/mol. The molecule has 0 aromatic carbocycles. The number of pyridine rings is 1. The fourth-order valence-electron chi connectivity index (χ4n) is 3.03. The molecule has 0 saturated carbocycles. The summed E-state index contributed by atoms with van der Waals surface area (Å²) in [6, 6.07) is 4.89. The predicted molar refractivity (Wildman–Crippen MR) is 101 cm³/mol. The van der Waals surface area contributed by atoms with E-state index in [9.17, 15) is 19.7 Å². The maximum atomic E-state index is 12.3. The highest BCUT2D eigenvalue weighted by molar-refractivity contribution is 7.13. The van der Waals surface area contributed by atoms with Crippen molar-refractivity contribution in [1.82, 2.24) is 10.3 Å². The molecule has 9 nitrogen and oxygen atoms in total. The summed E-state index contributed by atoms with van der Waals surface area (Å²) in [6.45, 7) is 3.06. The molecule has 0 radical (unpaired) electrons. The molecule has 0 unspecified atom stereocenters. The second kappa shape index (κ2) is 7.70. The Morgan fingerprint density at radius 3 is 2.63 bits per heavy atom. The lowest BCUT2D eigenvalue weighted by Gasteiger charge is -2.33. The smallest absolute Gasteiger partial charge is 0.288 e. The van der Waals surface area contributed by atoms with Crippen molar-refractivity contribution in [3.63, 3.8) is 0 Å². The highest BCUT2D eigenvalue weighted by Gasteiger charge is 2.26. The molecule has 1 fully saturated rings. The van der Waals surface area contributed by atoms with Crippen LogP contribution in [-0.2, 0) is 0 Å². The van der Waals surface area contributed by atoms with E-state index in [-0.39, 0.29) is 23.2 Å². The summed E-state index contributed by atoms with van der Waals surface area (Å²) in [4.78, 5) is 41.9. The van der Waals surface area contributed by atoms with E-state index in [1.54, 1.807) is 0 Å². The van der Waals surface area contributed by atoms with Crippen LogP contribution in [0.5, 0.6) is 0 Å². The van der Waals surface area contributed by atoms with Gasteiger partial charge in [-0.25, -0.2) is 4.98 Å². The maximum Gasteiger partial charge on any atom is 0.288 e. The summed E-state index contributed by atoms with van der Waals surface area (Å²) in [7, 11) is 0. The molecule has 0 spiro atoms. The Bertz CT molecular complexity index is 889. The zero-order chi connectivity index (χ0) is 19.6. The van der Waals surface area contributed by atoms with Gasteiger partial charge in [-0.1, -0.05) is 0 Å². The van der Waals surface area contributed by atoms with Gasteiger partial charge >= 0.3 is 0 Å². The standard InChI is InChI=1S/C17H19N5O4S/c1-10-2-3-14(27-10)17(24)20-11-4-6-21(7-5-11)16-13(15(18)23)8-12(9-19-16)22(25)26/h2-3,8-9,11H,4-7H2,1H3,(H2,18,23)(H,20,24). The number of nitro groups is 1. The molecule has 2 aromatic rings. The number of nitrogens with zero attached hydrogens (tertiary/aromatic N) is 3. The number of carbonyl (C=O) groups excluding carboxylic acids is 2. The second-order valence-corrected chi connectivity index (χ2v) is 7.62. The lowest BCUT2D eigenvalue weighted by atomic mass is 10.0. The number of primary amides is 1. The molecule has 3 N–H and O–H groups in total. The fourth-order valence-corrected chi connectivity index (χ4v) is 3.80. The zero-order valence-electron chi connectivity index (χ0n) is 14.7. The average molecular weight is 389 g/mol. The van der Waals surface area contributed by atoms with E-state index in [1.807, 2.05) is 24.0 Å². The maximum absolute atomic E-state index is 12.3. The van der Waals surface area contributed by atoms with Crippen LogP contribution in [0.3, 0.4) is 0 Å². The molecular formula is C17H19N5O4S. The Hall–Kier alpha value is -3.01. The van der Waals surface area contributed by atoms with Crippen molar-refractivity contribution in [3.8, 4) is 0 Å². The van der Waals surface area contributed by atoms with Crippen molar-refractivity contribution in [2.45, 2.75) is 25.8 Å². The molecule has 0 atom stereocenters. The van der Waals surface area contributed by atoms with Crippen LogP contribution in [0, 0.1) is 17.0 Å². The number of nitrogens with one attached hydrogen (secondary N) is 1. The molecule has 1 aliphatic rings. The lowest BCUT2D eigenvalue weighted by Crippen LogP contribution is -2.45. The van der Waals surface area contributed by atoms with Crippen molar-refractivity contribution in [2.75, 3.05) is 18.0 Å². The van der Waals surface area contributed by atoms with Gasteiger partial charge in [-0.15, -0.1) is 11.3 Å². The molecule has 3 rings (SSSR count). The van der Waals surface area contributed by atoms with Crippen LogP contribution in [0.4, 0.5) is 11.5 Å². The average Bonchev–Trinajstić information content (AvgIpc) is 3.08. The lowest BCUT2D eigenvalue weighted by molar-refractivity contribution is -0.385. The largest absolute Gasteiger partial charge is 0.365 e. The van der Waals surface area contributed by atoms with Crippen LogP contribution in [0.2, 0.25) is 0 Å². The number of amides is 2. The van der Waals surface area contributed by atoms with Gasteiger partial charge in [0.1, 0.15) is 12.0 Å². The summed E-state index contributed by atoms with van der Waals surface area (Å²) in [5.74, 6) is -0.505. The quantitative estimate of drug-likeness (QED) is 0.593. The van der Waals surface area contributed by atoms with Gasteiger partial charge in [0.05, 0.1) is 15.4 Å². The van der Waals surface area contributed by atoms with Crippen LogP contribution in [0.1, 0.15) is 37.7 Å². The van der Waals surface area contributed by atoms with Gasteiger partial charge in [0.15, 0.2) is 0 Å². The van der Waals surface area contributed by atoms with Crippen LogP contribution in [0.15, 0.2) is 24.4 Å². The van der Waals surface area contributed by atoms with E-state index in [4.69, 9.17) is 5.73 Å². The fraction of sp³-hybridized carbons (Fsp3) is 0.353. The topological polar surface area (TPSA) is 131 Å². The number of nitrogens with two attached hydrogens (primary N) is 1. The third-order valence-corrected chi connectivity index (χ3v) is 5.42. The minimum atomic E-state index is -0.760. The molecule has 0 aliphatic carbocycles. The summed E-state index contributed by atoms with van der Waals surface area (Å²) in [5.41, 5.74) is 5.12. The number of carbonyl (C=O) groups is 2. The first-order valence-corrected chi connectivity index (χ1v) is 9.23. The number of hydrogen-bond acceptors (Lipinski definition) is 7. The van der Waals surface area contributed by atoms with E-state index in [0.717, 1.165) is 17.1 Å². The molecule has 142 valence electrons. The second-order valence-electron chi connectivity index (χ2n) is 6.33. The van der Waals surface area contributed by atoms with E-state index >= 15 is 0 Å². The summed E-state index contributed by atoms with van der Waals surface area (Å²) in [5, 5.41) is 13.9. The number of aryl methyl sites for hydroxylation is 1. The number of hydrogen-bond donors (Lipinski definition) is 2. The Morgan fingerprint density at radius 1 is 1.37 bits per heavy atom. The Balaban J connectivity index is 1.66. The van der Waals surface area contributed by atoms with Gasteiger partial charge in [-0.3, -0.25) is 19.7 Å². The van der Waals surface area contributed by atoms with Crippen molar-refractivity contribution in [3.05, 3.63) is 49.8 Å². The number of aromatic nitrogens is 1. The first-order valence-electron chi connectivity index (χ1n) is 8.41. The molecule has 3 heterocycles. The minimum Gasteiger partial charge on any atom is -0.365 e. The summed E-state index contributed by atoms with van der Waals surface area (Å²) < 4.78 is 0. The summed E-state index contributed by atoms with van der Waals surface area (Å²) >= 11 is 1.45. The van der Waals surface area contributed by atoms with E-state index in [1.165, 1.54) is 11.3 Å². The van der Waals surface area contributed by atoms with E-state index in [2.05, 4.69) is 10.3 Å². The number of rotatable bonds is 5. The number of anilines is 1. The van der Waals surface area contributed by atoms with Gasteiger partial charge in [0.2, 0.25) is 0 Å². The minimum absolute atomic E-state index is 0.0197. The number of thiophene rings is 1. The van der Waals surface area contributed by atoms with Gasteiger partial charge < -0.3 is 16.0 Å². The highest BCUT2D eigenvalue weighted by atomic mass is 32.1. The Morgan fingerprint density at radius 2 is 2.07 bits per heavy atom. The third-order valence-electron chi connectivity index (χ3n) is 4.42. The van der Waals surface area contributed by atoms with Crippen LogP contribution < -0.4 is 16.0 Å². The Kier molecular flexibility index (Phi) is 5.36.